The van der Waals surface area contributed by atoms with E-state index in [1.165, 1.54) is 46.6 Å². The summed E-state index contributed by atoms with van der Waals surface area (Å²) in [4.78, 5) is 26.8. The number of nitrogens with one attached hydrogen (secondary N) is 1. The second-order valence-electron chi connectivity index (χ2n) is 7.38. The topological polar surface area (TPSA) is 96.2 Å². The lowest BCUT2D eigenvalue weighted by Gasteiger charge is -2.15. The molecule has 35 heavy (non-hydrogen) atoms. The predicted octanol–water partition coefficient (Wildman–Crippen LogP) is 5.40. The normalized spacial score (nSPS) is 10.7. The van der Waals surface area contributed by atoms with Gasteiger partial charge in [0.2, 0.25) is 17.1 Å². The van der Waals surface area contributed by atoms with Crippen LogP contribution < -0.4 is 29.7 Å². The summed E-state index contributed by atoms with van der Waals surface area (Å²) in [6, 6.07) is 14.6. The second-order valence-corrected chi connectivity index (χ2v) is 7.81. The number of hydrogen-bond acceptors (Lipinski definition) is 7. The third-order valence-corrected chi connectivity index (χ3v) is 5.60. The van der Waals surface area contributed by atoms with Crippen molar-refractivity contribution < 1.29 is 28.2 Å². The van der Waals surface area contributed by atoms with Crippen molar-refractivity contribution in [2.75, 3.05) is 33.8 Å². The Labute approximate surface area is 205 Å². The van der Waals surface area contributed by atoms with Gasteiger partial charge in [-0.25, -0.2) is 0 Å². The van der Waals surface area contributed by atoms with Crippen molar-refractivity contribution in [3.63, 3.8) is 0 Å². The molecule has 0 fully saturated rings. The van der Waals surface area contributed by atoms with Gasteiger partial charge in [-0.3, -0.25) is 14.9 Å². The molecule has 0 saturated heterocycles. The van der Waals surface area contributed by atoms with Gasteiger partial charge in [-0.2, -0.15) is 0 Å². The smallest absolute Gasteiger partial charge is 0.258 e. The van der Waals surface area contributed by atoms with Gasteiger partial charge in [-0.1, -0.05) is 23.7 Å². The molecule has 0 unspecified atom stereocenters. The summed E-state index contributed by atoms with van der Waals surface area (Å²) in [7, 11) is 5.90. The lowest BCUT2D eigenvalue weighted by molar-refractivity contribution is 0.102. The van der Waals surface area contributed by atoms with E-state index in [0.29, 0.717) is 33.6 Å². The van der Waals surface area contributed by atoms with Crippen LogP contribution in [0.3, 0.4) is 0 Å². The molecule has 4 rings (SSSR count). The van der Waals surface area contributed by atoms with Gasteiger partial charge in [0, 0.05) is 10.6 Å². The molecule has 3 aromatic carbocycles. The molecule has 0 aliphatic carbocycles. The highest BCUT2D eigenvalue weighted by Crippen LogP contribution is 2.39. The maximum absolute atomic E-state index is 13.5. The summed E-state index contributed by atoms with van der Waals surface area (Å²) in [5.74, 6) is 0.911. The van der Waals surface area contributed by atoms with Crippen molar-refractivity contribution >= 4 is 34.4 Å². The number of hydrogen-bond donors (Lipinski definition) is 1. The molecule has 180 valence electrons. The molecule has 9 heteroatoms. The molecule has 0 atom stereocenters. The molecular formula is C26H22ClNO7. The molecule has 4 aromatic rings. The molecule has 0 aliphatic heterocycles. The number of halogens is 1. The predicted molar refractivity (Wildman–Crippen MR) is 134 cm³/mol. The summed E-state index contributed by atoms with van der Waals surface area (Å²) < 4.78 is 27.3. The minimum Gasteiger partial charge on any atom is -0.497 e. The fraction of sp³-hybridized carbons (Fsp3) is 0.154. The quantitative estimate of drug-likeness (QED) is 0.366. The van der Waals surface area contributed by atoms with E-state index in [4.69, 9.17) is 35.0 Å². The molecule has 1 amide bonds. The number of benzene rings is 3. The SMILES string of the molecule is COc1cccc(-c2c(NC(=O)c3cc(OC)c(OC)c(OC)c3)oc3ccc(Cl)cc3c2=O)c1. The largest absolute Gasteiger partial charge is 0.497 e. The Kier molecular flexibility index (Phi) is 6.84. The van der Waals surface area contributed by atoms with Crippen molar-refractivity contribution in [2.24, 2.45) is 0 Å². The van der Waals surface area contributed by atoms with Gasteiger partial charge >= 0.3 is 0 Å². The third-order valence-electron chi connectivity index (χ3n) is 5.36. The number of amides is 1. The summed E-state index contributed by atoms with van der Waals surface area (Å²) >= 11 is 6.12. The van der Waals surface area contributed by atoms with E-state index < -0.39 is 5.91 Å². The molecule has 1 aromatic heterocycles. The van der Waals surface area contributed by atoms with Crippen molar-refractivity contribution in [3.05, 3.63) is 75.4 Å². The Morgan fingerprint density at radius 2 is 1.60 bits per heavy atom. The summed E-state index contributed by atoms with van der Waals surface area (Å²) in [5, 5.41) is 3.38. The number of anilines is 1. The van der Waals surface area contributed by atoms with E-state index >= 15 is 0 Å². The zero-order chi connectivity index (χ0) is 25.1. The molecule has 0 radical (unpaired) electrons. The monoisotopic (exact) mass is 495 g/mol. The summed E-state index contributed by atoms with van der Waals surface area (Å²) in [6.07, 6.45) is 0. The number of carbonyl (C=O) groups excluding carboxylic acids is 1. The van der Waals surface area contributed by atoms with Crippen LogP contribution in [0, 0.1) is 0 Å². The number of ether oxygens (including phenoxy) is 4. The van der Waals surface area contributed by atoms with Gasteiger partial charge < -0.3 is 23.4 Å². The van der Waals surface area contributed by atoms with Crippen LogP contribution in [0.5, 0.6) is 23.0 Å². The Morgan fingerprint density at radius 1 is 0.886 bits per heavy atom. The van der Waals surface area contributed by atoms with E-state index in [1.54, 1.807) is 36.4 Å². The average Bonchev–Trinajstić information content (AvgIpc) is 2.88. The molecule has 1 N–H and O–H groups in total. The van der Waals surface area contributed by atoms with Crippen LogP contribution in [0.1, 0.15) is 10.4 Å². The van der Waals surface area contributed by atoms with Crippen LogP contribution >= 0.6 is 11.6 Å². The molecule has 0 spiro atoms. The molecule has 0 aliphatic rings. The van der Waals surface area contributed by atoms with Crippen LogP contribution in [0.4, 0.5) is 5.88 Å². The van der Waals surface area contributed by atoms with Crippen LogP contribution in [0.15, 0.2) is 63.8 Å². The van der Waals surface area contributed by atoms with Gasteiger partial charge in [-0.05, 0) is 48.0 Å². The first-order valence-corrected chi connectivity index (χ1v) is 10.8. The zero-order valence-electron chi connectivity index (χ0n) is 19.4. The van der Waals surface area contributed by atoms with Gasteiger partial charge in [0.15, 0.2) is 11.5 Å². The summed E-state index contributed by atoms with van der Waals surface area (Å²) in [5.41, 5.74) is 0.767. The summed E-state index contributed by atoms with van der Waals surface area (Å²) in [6.45, 7) is 0. The highest BCUT2D eigenvalue weighted by atomic mass is 35.5. The lowest BCUT2D eigenvalue weighted by atomic mass is 10.0. The maximum Gasteiger partial charge on any atom is 0.258 e. The van der Waals surface area contributed by atoms with Crippen LogP contribution in [0.2, 0.25) is 5.02 Å². The number of fused-ring (bicyclic) bond motifs is 1. The average molecular weight is 496 g/mol. The van der Waals surface area contributed by atoms with Crippen LogP contribution in [-0.2, 0) is 0 Å². The van der Waals surface area contributed by atoms with Crippen molar-refractivity contribution in [1.82, 2.24) is 0 Å². The minimum absolute atomic E-state index is 0.0307. The van der Waals surface area contributed by atoms with Crippen molar-refractivity contribution in [1.29, 1.82) is 0 Å². The standard InChI is InChI=1S/C26H22ClNO7/c1-31-17-7-5-6-14(10-17)22-23(29)18-13-16(27)8-9-19(18)35-26(22)28-25(30)15-11-20(32-2)24(34-4)21(12-15)33-3/h5-13H,1-4H3,(H,28,30). The van der Waals surface area contributed by atoms with Crippen LogP contribution in [0.25, 0.3) is 22.1 Å². The van der Waals surface area contributed by atoms with Gasteiger partial charge in [0.1, 0.15) is 11.3 Å². The van der Waals surface area contributed by atoms with Crippen LogP contribution in [-0.4, -0.2) is 34.3 Å². The van der Waals surface area contributed by atoms with Gasteiger partial charge in [0.05, 0.1) is 39.4 Å². The zero-order valence-corrected chi connectivity index (χ0v) is 20.2. The van der Waals surface area contributed by atoms with Gasteiger partial charge in [0.25, 0.3) is 5.91 Å². The molecule has 1 heterocycles. The fourth-order valence-electron chi connectivity index (χ4n) is 3.68. The number of carbonyl (C=O) groups is 1. The lowest BCUT2D eigenvalue weighted by Crippen LogP contribution is -2.17. The van der Waals surface area contributed by atoms with Gasteiger partial charge in [-0.15, -0.1) is 0 Å². The number of methoxy groups -OCH3 is 4. The van der Waals surface area contributed by atoms with E-state index in [0.717, 1.165) is 0 Å². The fourth-order valence-corrected chi connectivity index (χ4v) is 3.86. The molecular weight excluding hydrogens is 474 g/mol. The molecule has 8 nitrogen and oxygen atoms in total. The second kappa shape index (κ2) is 9.99. The first-order valence-electron chi connectivity index (χ1n) is 10.4. The first-order chi connectivity index (χ1) is 16.9. The molecule has 0 bridgehead atoms. The highest BCUT2D eigenvalue weighted by Gasteiger charge is 2.22. The number of rotatable bonds is 7. The van der Waals surface area contributed by atoms with Crippen molar-refractivity contribution in [3.8, 4) is 34.1 Å². The Morgan fingerprint density at radius 3 is 2.23 bits per heavy atom. The highest BCUT2D eigenvalue weighted by molar-refractivity contribution is 6.31. The van der Waals surface area contributed by atoms with E-state index in [1.807, 2.05) is 0 Å². The third kappa shape index (κ3) is 4.61. The van der Waals surface area contributed by atoms with E-state index in [9.17, 15) is 9.59 Å². The van der Waals surface area contributed by atoms with Crippen molar-refractivity contribution in [2.45, 2.75) is 0 Å². The first kappa shape index (κ1) is 24.0. The Bertz CT molecular complexity index is 1450. The maximum atomic E-state index is 13.5. The Balaban J connectivity index is 1.88. The van der Waals surface area contributed by atoms with E-state index in [-0.39, 0.29) is 33.4 Å². The Hall–Kier alpha value is -4.17. The minimum atomic E-state index is -0.551. The molecule has 0 saturated carbocycles. The van der Waals surface area contributed by atoms with E-state index in [2.05, 4.69) is 5.32 Å².